The number of ether oxygens (including phenoxy) is 1. The number of aryl methyl sites for hydroxylation is 1. The largest absolute Gasteiger partial charge is 0.454 e. The lowest BCUT2D eigenvalue weighted by Crippen LogP contribution is -1.95. The summed E-state index contributed by atoms with van der Waals surface area (Å²) in [7, 11) is 0. The van der Waals surface area contributed by atoms with Crippen molar-refractivity contribution in [1.82, 2.24) is 0 Å². The smallest absolute Gasteiger partial charge is 0.153 e. The number of aliphatic imine (C=N–C) groups is 1. The molecule has 0 aliphatic carbocycles. The van der Waals surface area contributed by atoms with Crippen LogP contribution >= 0.6 is 0 Å². The summed E-state index contributed by atoms with van der Waals surface area (Å²) in [6.07, 6.45) is 0. The van der Waals surface area contributed by atoms with E-state index >= 15 is 0 Å². The van der Waals surface area contributed by atoms with E-state index in [4.69, 9.17) is 4.74 Å². The van der Waals surface area contributed by atoms with Crippen LogP contribution in [0.2, 0.25) is 0 Å². The SMILES string of the molecule is [CH2]C1=Nc2cc(C)ccc2Oc2ccccc21. The summed E-state index contributed by atoms with van der Waals surface area (Å²) >= 11 is 0. The molecule has 83 valence electrons. The van der Waals surface area contributed by atoms with E-state index in [0.717, 1.165) is 34.0 Å². The van der Waals surface area contributed by atoms with Gasteiger partial charge in [0.15, 0.2) is 5.75 Å². The second kappa shape index (κ2) is 3.74. The lowest BCUT2D eigenvalue weighted by molar-refractivity contribution is 0.484. The Kier molecular flexibility index (Phi) is 2.22. The molecule has 0 spiro atoms. The first-order chi connectivity index (χ1) is 8.24. The Balaban J connectivity index is 2.24. The van der Waals surface area contributed by atoms with Crippen molar-refractivity contribution in [2.45, 2.75) is 6.92 Å². The van der Waals surface area contributed by atoms with Crippen LogP contribution in [0.3, 0.4) is 0 Å². The van der Waals surface area contributed by atoms with E-state index in [9.17, 15) is 0 Å². The van der Waals surface area contributed by atoms with Gasteiger partial charge in [-0.2, -0.15) is 0 Å². The molecule has 1 radical (unpaired) electrons. The van der Waals surface area contributed by atoms with Crippen molar-refractivity contribution in [3.63, 3.8) is 0 Å². The molecule has 17 heavy (non-hydrogen) atoms. The summed E-state index contributed by atoms with van der Waals surface area (Å²) in [6.45, 7) is 6.04. The van der Waals surface area contributed by atoms with Gasteiger partial charge in [0, 0.05) is 5.56 Å². The van der Waals surface area contributed by atoms with E-state index in [0.29, 0.717) is 0 Å². The van der Waals surface area contributed by atoms with Gasteiger partial charge in [0.2, 0.25) is 0 Å². The van der Waals surface area contributed by atoms with E-state index in [1.54, 1.807) is 0 Å². The van der Waals surface area contributed by atoms with E-state index in [1.165, 1.54) is 0 Å². The van der Waals surface area contributed by atoms with Gasteiger partial charge in [0.1, 0.15) is 11.4 Å². The molecular formula is C15H12NO. The molecule has 0 fully saturated rings. The maximum Gasteiger partial charge on any atom is 0.153 e. The first-order valence-electron chi connectivity index (χ1n) is 5.52. The monoisotopic (exact) mass is 222 g/mol. The zero-order valence-electron chi connectivity index (χ0n) is 9.60. The molecular weight excluding hydrogens is 210 g/mol. The van der Waals surface area contributed by atoms with Gasteiger partial charge in [-0.25, -0.2) is 4.99 Å². The quantitative estimate of drug-likeness (QED) is 0.658. The second-order valence-corrected chi connectivity index (χ2v) is 4.13. The van der Waals surface area contributed by atoms with Crippen LogP contribution in [0.5, 0.6) is 11.5 Å². The highest BCUT2D eigenvalue weighted by Gasteiger charge is 2.14. The van der Waals surface area contributed by atoms with Crippen LogP contribution in [0.1, 0.15) is 11.1 Å². The summed E-state index contributed by atoms with van der Waals surface area (Å²) in [5.41, 5.74) is 3.69. The normalized spacial score (nSPS) is 12.9. The number of para-hydroxylation sites is 1. The van der Waals surface area contributed by atoms with Crippen LogP contribution < -0.4 is 4.74 Å². The van der Waals surface area contributed by atoms with Crippen molar-refractivity contribution in [2.75, 3.05) is 0 Å². The molecule has 1 heterocycles. The Morgan fingerprint density at radius 2 is 1.88 bits per heavy atom. The molecule has 1 aliphatic heterocycles. The zero-order chi connectivity index (χ0) is 11.8. The summed E-state index contributed by atoms with van der Waals surface area (Å²) in [5.74, 6) is 1.59. The molecule has 0 aromatic heterocycles. The Bertz CT molecular complexity index is 614. The number of hydrogen-bond acceptors (Lipinski definition) is 2. The van der Waals surface area contributed by atoms with Crippen LogP contribution in [0.15, 0.2) is 47.5 Å². The lowest BCUT2D eigenvalue weighted by Gasteiger charge is -2.08. The van der Waals surface area contributed by atoms with Crippen LogP contribution in [-0.4, -0.2) is 5.71 Å². The Morgan fingerprint density at radius 1 is 1.06 bits per heavy atom. The van der Waals surface area contributed by atoms with Crippen molar-refractivity contribution in [1.29, 1.82) is 0 Å². The van der Waals surface area contributed by atoms with Gasteiger partial charge in [-0.05, 0) is 43.7 Å². The second-order valence-electron chi connectivity index (χ2n) is 4.13. The fourth-order valence-electron chi connectivity index (χ4n) is 1.92. The number of nitrogens with zero attached hydrogens (tertiary/aromatic N) is 1. The van der Waals surface area contributed by atoms with Gasteiger partial charge >= 0.3 is 0 Å². The fraction of sp³-hybridized carbons (Fsp3) is 0.0667. The number of hydrogen-bond donors (Lipinski definition) is 0. The highest BCUT2D eigenvalue weighted by molar-refractivity contribution is 6.08. The Hall–Kier alpha value is -2.09. The average Bonchev–Trinajstić information content (AvgIpc) is 2.46. The molecule has 0 saturated carbocycles. The van der Waals surface area contributed by atoms with Gasteiger partial charge in [-0.3, -0.25) is 0 Å². The molecule has 2 aromatic rings. The van der Waals surface area contributed by atoms with Gasteiger partial charge < -0.3 is 4.74 Å². The predicted molar refractivity (Wildman–Crippen MR) is 69.2 cm³/mol. The minimum absolute atomic E-state index is 0.741. The minimum Gasteiger partial charge on any atom is -0.454 e. The molecule has 0 amide bonds. The Labute approximate surface area is 101 Å². The van der Waals surface area contributed by atoms with Gasteiger partial charge in [0.25, 0.3) is 0 Å². The highest BCUT2D eigenvalue weighted by Crippen LogP contribution is 2.37. The average molecular weight is 222 g/mol. The third-order valence-electron chi connectivity index (χ3n) is 2.79. The summed E-state index contributed by atoms with van der Waals surface area (Å²) in [4.78, 5) is 4.52. The minimum atomic E-state index is 0.741. The lowest BCUT2D eigenvalue weighted by atomic mass is 10.1. The molecule has 2 aromatic carbocycles. The zero-order valence-corrected chi connectivity index (χ0v) is 9.60. The van der Waals surface area contributed by atoms with Crippen LogP contribution in [0, 0.1) is 13.8 Å². The first kappa shape index (κ1) is 10.1. The number of fused-ring (bicyclic) bond motifs is 2. The molecule has 0 bridgehead atoms. The molecule has 2 heteroatoms. The third-order valence-corrected chi connectivity index (χ3v) is 2.79. The van der Waals surface area contributed by atoms with Crippen molar-refractivity contribution >= 4 is 11.4 Å². The first-order valence-corrected chi connectivity index (χ1v) is 5.52. The van der Waals surface area contributed by atoms with E-state index in [2.05, 4.69) is 11.9 Å². The Morgan fingerprint density at radius 3 is 2.76 bits per heavy atom. The molecule has 1 aliphatic rings. The highest BCUT2D eigenvalue weighted by atomic mass is 16.5. The van der Waals surface area contributed by atoms with Crippen LogP contribution in [0.4, 0.5) is 5.69 Å². The summed E-state index contributed by atoms with van der Waals surface area (Å²) in [6, 6.07) is 13.8. The maximum atomic E-state index is 5.87. The van der Waals surface area contributed by atoms with Crippen LogP contribution in [0.25, 0.3) is 0 Å². The molecule has 0 atom stereocenters. The summed E-state index contributed by atoms with van der Waals surface area (Å²) in [5, 5.41) is 0. The molecule has 3 rings (SSSR count). The van der Waals surface area contributed by atoms with Crippen molar-refractivity contribution in [3.05, 3.63) is 60.5 Å². The molecule has 2 nitrogen and oxygen atoms in total. The predicted octanol–water partition coefficient (Wildman–Crippen LogP) is 4.06. The van der Waals surface area contributed by atoms with E-state index < -0.39 is 0 Å². The summed E-state index contributed by atoms with van der Waals surface area (Å²) < 4.78 is 5.87. The number of benzene rings is 2. The van der Waals surface area contributed by atoms with E-state index in [1.807, 2.05) is 49.4 Å². The number of rotatable bonds is 0. The van der Waals surface area contributed by atoms with Crippen LogP contribution in [-0.2, 0) is 0 Å². The molecule has 0 saturated heterocycles. The maximum absolute atomic E-state index is 5.87. The molecule has 0 unspecified atom stereocenters. The van der Waals surface area contributed by atoms with Crippen molar-refractivity contribution < 1.29 is 4.74 Å². The standard InChI is InChI=1S/C15H12NO/c1-10-7-8-15-13(9-10)16-11(2)12-5-3-4-6-14(12)17-15/h3-9H,2H2,1H3. The van der Waals surface area contributed by atoms with Gasteiger partial charge in [-0.15, -0.1) is 0 Å². The molecule has 0 N–H and O–H groups in total. The van der Waals surface area contributed by atoms with Gasteiger partial charge in [0.05, 0.1) is 5.71 Å². The fourth-order valence-corrected chi connectivity index (χ4v) is 1.92. The topological polar surface area (TPSA) is 21.6 Å². The van der Waals surface area contributed by atoms with Crippen molar-refractivity contribution in [3.8, 4) is 11.5 Å². The van der Waals surface area contributed by atoms with Crippen molar-refractivity contribution in [2.24, 2.45) is 4.99 Å². The third kappa shape index (κ3) is 1.72. The van der Waals surface area contributed by atoms with E-state index in [-0.39, 0.29) is 0 Å². The van der Waals surface area contributed by atoms with Gasteiger partial charge in [-0.1, -0.05) is 18.2 Å².